The lowest BCUT2D eigenvalue weighted by molar-refractivity contribution is -0.0123. The van der Waals surface area contributed by atoms with Crippen molar-refractivity contribution < 1.29 is 12.7 Å². The number of benzene rings is 1. The molecule has 0 spiro atoms. The summed E-state index contributed by atoms with van der Waals surface area (Å²) in [7, 11) is 0. The number of halogens is 3. The minimum absolute atomic E-state index is 0.189. The van der Waals surface area contributed by atoms with Crippen LogP contribution in [0.3, 0.4) is 0 Å². The molecule has 0 aliphatic rings. The minimum Gasteiger partial charge on any atom is -0.287 e. The van der Waals surface area contributed by atoms with Crippen molar-refractivity contribution in [3.05, 3.63) is 59.2 Å². The Labute approximate surface area is 142 Å². The Morgan fingerprint density at radius 2 is 1.88 bits per heavy atom. The Hall–Kier alpha value is -2.02. The van der Waals surface area contributed by atoms with E-state index >= 15 is 0 Å². The van der Waals surface area contributed by atoms with Crippen molar-refractivity contribution in [3.8, 4) is 0 Å². The van der Waals surface area contributed by atoms with Gasteiger partial charge in [-0.3, -0.25) is 4.40 Å². The number of fused-ring (bicyclic) bond motifs is 1. The van der Waals surface area contributed by atoms with Gasteiger partial charge in [-0.15, -0.1) is 0 Å². The summed E-state index contributed by atoms with van der Waals surface area (Å²) in [6, 6.07) is 8.87. The molecule has 0 aliphatic carbocycles. The molecule has 2 aromatic heterocycles. The molecular formula is C17H16F3N3S. The van der Waals surface area contributed by atoms with Gasteiger partial charge in [-0.25, -0.2) is 9.97 Å². The number of alkyl halides is 2. The highest BCUT2D eigenvalue weighted by atomic mass is 32.2. The summed E-state index contributed by atoms with van der Waals surface area (Å²) in [5.74, 6) is -2.71. The van der Waals surface area contributed by atoms with Crippen molar-refractivity contribution >= 4 is 17.9 Å². The third-order valence-electron chi connectivity index (χ3n) is 3.87. The van der Waals surface area contributed by atoms with Crippen LogP contribution in [-0.4, -0.2) is 14.4 Å². The smallest absolute Gasteiger partial charge is 0.287 e. The normalized spacial score (nSPS) is 12.0. The molecule has 3 nitrogen and oxygen atoms in total. The van der Waals surface area contributed by atoms with Gasteiger partial charge in [0.1, 0.15) is 5.69 Å². The van der Waals surface area contributed by atoms with E-state index in [1.807, 2.05) is 18.2 Å². The van der Waals surface area contributed by atoms with E-state index in [1.165, 1.54) is 13.1 Å². The summed E-state index contributed by atoms with van der Waals surface area (Å²) in [5, 5.41) is 0. The third kappa shape index (κ3) is 3.26. The molecule has 0 bridgehead atoms. The van der Waals surface area contributed by atoms with Gasteiger partial charge in [0.25, 0.3) is 5.92 Å². The third-order valence-corrected chi connectivity index (χ3v) is 4.32. The van der Waals surface area contributed by atoms with Crippen molar-refractivity contribution in [2.45, 2.75) is 37.5 Å². The van der Waals surface area contributed by atoms with Crippen LogP contribution in [0, 0.1) is 6.92 Å². The topological polar surface area (TPSA) is 30.2 Å². The molecule has 0 amide bonds. The van der Waals surface area contributed by atoms with E-state index in [0.29, 0.717) is 17.0 Å². The summed E-state index contributed by atoms with van der Waals surface area (Å²) in [6.45, 7) is 3.23. The first-order chi connectivity index (χ1) is 11.4. The summed E-state index contributed by atoms with van der Waals surface area (Å²) in [4.78, 5) is 8.76. The Balaban J connectivity index is 2.02. The first-order valence-electron chi connectivity index (χ1n) is 7.54. The van der Waals surface area contributed by atoms with Crippen molar-refractivity contribution in [2.75, 3.05) is 0 Å². The second-order valence-electron chi connectivity index (χ2n) is 5.64. The minimum atomic E-state index is -2.97. The number of nitrogens with zero attached hydrogens (tertiary/aromatic N) is 3. The fourth-order valence-electron chi connectivity index (χ4n) is 2.52. The average Bonchev–Trinajstić information content (AvgIpc) is 3.00. The number of rotatable bonds is 5. The van der Waals surface area contributed by atoms with Gasteiger partial charge in [0, 0.05) is 35.3 Å². The zero-order valence-corrected chi connectivity index (χ0v) is 14.1. The fraction of sp³-hybridized carbons (Fsp3) is 0.294. The lowest BCUT2D eigenvalue weighted by Crippen LogP contribution is -2.11. The molecule has 24 heavy (non-hydrogen) atoms. The lowest BCUT2D eigenvalue weighted by atomic mass is 10.1. The Morgan fingerprint density at radius 1 is 1.17 bits per heavy atom. The SMILES string of the molecule is CCC(F)(F)c1cn2c(Cc3ccc(SF)cc3)cc(C)nc2n1. The molecule has 0 saturated heterocycles. The predicted octanol–water partition coefficient (Wildman–Crippen LogP) is 5.11. The first kappa shape index (κ1) is 16.8. The van der Waals surface area contributed by atoms with Crippen LogP contribution in [0.1, 0.15) is 36.0 Å². The van der Waals surface area contributed by atoms with E-state index in [1.54, 1.807) is 23.5 Å². The van der Waals surface area contributed by atoms with Crippen LogP contribution in [0.5, 0.6) is 0 Å². The summed E-state index contributed by atoms with van der Waals surface area (Å²) in [5.41, 5.74) is 2.21. The molecule has 7 heteroatoms. The van der Waals surface area contributed by atoms with Crippen LogP contribution >= 0.6 is 12.1 Å². The largest absolute Gasteiger partial charge is 0.291 e. The zero-order chi connectivity index (χ0) is 17.3. The highest BCUT2D eigenvalue weighted by molar-refractivity contribution is 7.94. The van der Waals surface area contributed by atoms with E-state index in [4.69, 9.17) is 0 Å². The summed E-state index contributed by atoms with van der Waals surface area (Å²) < 4.78 is 42.0. The molecule has 126 valence electrons. The van der Waals surface area contributed by atoms with Gasteiger partial charge < -0.3 is 0 Å². The Bertz CT molecular complexity index is 859. The molecule has 2 heterocycles. The van der Waals surface area contributed by atoms with E-state index in [-0.39, 0.29) is 30.0 Å². The van der Waals surface area contributed by atoms with Gasteiger partial charge in [0.05, 0.1) is 12.1 Å². The van der Waals surface area contributed by atoms with Crippen LogP contribution in [0.2, 0.25) is 0 Å². The van der Waals surface area contributed by atoms with Crippen LogP contribution in [0.25, 0.3) is 5.78 Å². The molecule has 0 atom stereocenters. The van der Waals surface area contributed by atoms with Crippen LogP contribution < -0.4 is 0 Å². The van der Waals surface area contributed by atoms with Gasteiger partial charge in [-0.2, -0.15) is 12.7 Å². The van der Waals surface area contributed by atoms with E-state index in [0.717, 1.165) is 11.3 Å². The van der Waals surface area contributed by atoms with E-state index < -0.39 is 5.92 Å². The van der Waals surface area contributed by atoms with Gasteiger partial charge in [-0.05, 0) is 30.7 Å². The maximum Gasteiger partial charge on any atom is 0.291 e. The molecule has 0 fully saturated rings. The lowest BCUT2D eigenvalue weighted by Gasteiger charge is -2.09. The molecule has 0 aliphatic heterocycles. The van der Waals surface area contributed by atoms with Crippen LogP contribution in [-0.2, 0) is 12.3 Å². The number of imidazole rings is 1. The Kier molecular flexibility index (Phi) is 4.54. The number of aromatic nitrogens is 3. The fourth-order valence-corrected chi connectivity index (χ4v) is 2.76. The second kappa shape index (κ2) is 6.47. The van der Waals surface area contributed by atoms with Crippen molar-refractivity contribution in [1.29, 1.82) is 0 Å². The highest BCUT2D eigenvalue weighted by Gasteiger charge is 2.32. The van der Waals surface area contributed by atoms with Crippen LogP contribution in [0.15, 0.2) is 41.4 Å². The van der Waals surface area contributed by atoms with Gasteiger partial charge in [0.15, 0.2) is 0 Å². The quantitative estimate of drug-likeness (QED) is 0.640. The number of aryl methyl sites for hydroxylation is 1. The van der Waals surface area contributed by atoms with Gasteiger partial charge in [-0.1, -0.05) is 19.1 Å². The number of hydrogen-bond donors (Lipinski definition) is 0. The molecule has 3 rings (SSSR count). The standard InChI is InChI=1S/C17H16F3N3S/c1-3-17(18,19)15-10-23-13(8-11(2)21-16(23)22-15)9-12-4-6-14(24-20)7-5-12/h4-8,10H,3,9H2,1-2H3. The highest BCUT2D eigenvalue weighted by Crippen LogP contribution is 2.31. The summed E-state index contributed by atoms with van der Waals surface area (Å²) >= 11 is 0.189. The van der Waals surface area contributed by atoms with Crippen molar-refractivity contribution in [2.24, 2.45) is 0 Å². The van der Waals surface area contributed by atoms with E-state index in [9.17, 15) is 12.7 Å². The molecular weight excluding hydrogens is 335 g/mol. The molecule has 0 N–H and O–H groups in total. The predicted molar refractivity (Wildman–Crippen MR) is 88.1 cm³/mol. The van der Waals surface area contributed by atoms with Crippen molar-refractivity contribution in [3.63, 3.8) is 0 Å². The van der Waals surface area contributed by atoms with Crippen LogP contribution in [0.4, 0.5) is 12.7 Å². The van der Waals surface area contributed by atoms with Crippen molar-refractivity contribution in [1.82, 2.24) is 14.4 Å². The molecule has 0 radical (unpaired) electrons. The summed E-state index contributed by atoms with van der Waals surface area (Å²) in [6.07, 6.45) is 1.56. The molecule has 3 aromatic rings. The van der Waals surface area contributed by atoms with E-state index in [2.05, 4.69) is 9.97 Å². The number of hydrogen-bond acceptors (Lipinski definition) is 3. The molecule has 0 saturated carbocycles. The van der Waals surface area contributed by atoms with Gasteiger partial charge in [0.2, 0.25) is 5.78 Å². The average molecular weight is 351 g/mol. The van der Waals surface area contributed by atoms with Gasteiger partial charge >= 0.3 is 0 Å². The Morgan fingerprint density at radius 3 is 2.50 bits per heavy atom. The monoisotopic (exact) mass is 351 g/mol. The maximum atomic E-state index is 13.9. The second-order valence-corrected chi connectivity index (χ2v) is 6.27. The first-order valence-corrected chi connectivity index (χ1v) is 8.26. The maximum absolute atomic E-state index is 13.9. The zero-order valence-electron chi connectivity index (χ0n) is 13.3. The molecule has 1 aromatic carbocycles. The molecule has 0 unspecified atom stereocenters.